The van der Waals surface area contributed by atoms with E-state index in [1.807, 2.05) is 6.07 Å². The highest BCUT2D eigenvalue weighted by Crippen LogP contribution is 2.31. The molecule has 0 amide bonds. The number of ether oxygens (including phenoxy) is 1. The molecule has 0 atom stereocenters. The Bertz CT molecular complexity index is 570. The summed E-state index contributed by atoms with van der Waals surface area (Å²) in [5.41, 5.74) is 1.03. The lowest BCUT2D eigenvalue weighted by atomic mass is 10.0. The lowest BCUT2D eigenvalue weighted by molar-refractivity contribution is 0.395. The van der Waals surface area contributed by atoms with Gasteiger partial charge < -0.3 is 9.84 Å². The Morgan fingerprint density at radius 2 is 2.05 bits per heavy atom. The van der Waals surface area contributed by atoms with Crippen molar-refractivity contribution in [2.24, 2.45) is 5.92 Å². The molecule has 19 heavy (non-hydrogen) atoms. The van der Waals surface area contributed by atoms with E-state index in [0.29, 0.717) is 5.92 Å². The van der Waals surface area contributed by atoms with Crippen molar-refractivity contribution in [3.63, 3.8) is 0 Å². The first-order valence-electron chi connectivity index (χ1n) is 6.17. The second-order valence-electron chi connectivity index (χ2n) is 4.80. The molecule has 0 saturated carbocycles. The Hall–Kier alpha value is -2.10. The van der Waals surface area contributed by atoms with Crippen LogP contribution in [0.1, 0.15) is 19.4 Å². The van der Waals surface area contributed by atoms with Crippen molar-refractivity contribution < 1.29 is 14.2 Å². The van der Waals surface area contributed by atoms with E-state index in [4.69, 9.17) is 4.74 Å². The second kappa shape index (κ2) is 5.69. The number of nitrogens with zero attached hydrogens (tertiary/aromatic N) is 1. The minimum Gasteiger partial charge on any atom is -0.504 e. The summed E-state index contributed by atoms with van der Waals surface area (Å²) in [6.45, 7) is 4.22. The van der Waals surface area contributed by atoms with E-state index >= 15 is 0 Å². The van der Waals surface area contributed by atoms with Crippen molar-refractivity contribution >= 4 is 0 Å². The molecule has 3 nitrogen and oxygen atoms in total. The summed E-state index contributed by atoms with van der Waals surface area (Å²) in [6, 6.07) is 9.48. The third-order valence-corrected chi connectivity index (χ3v) is 2.57. The van der Waals surface area contributed by atoms with Crippen LogP contribution in [-0.2, 0) is 6.42 Å². The molecular formula is C15H16FNO2. The SMILES string of the molecule is CC(C)Cc1ccc(Oc2cccc(F)n2)c(O)c1. The second-order valence-corrected chi connectivity index (χ2v) is 4.80. The first kappa shape index (κ1) is 13.3. The van der Waals surface area contributed by atoms with Gasteiger partial charge in [0.15, 0.2) is 11.5 Å². The van der Waals surface area contributed by atoms with Gasteiger partial charge in [-0.05, 0) is 36.1 Å². The molecule has 0 aliphatic heterocycles. The summed E-state index contributed by atoms with van der Waals surface area (Å²) >= 11 is 0. The predicted molar refractivity (Wildman–Crippen MR) is 70.9 cm³/mol. The Balaban J connectivity index is 2.17. The maximum Gasteiger partial charge on any atom is 0.222 e. The van der Waals surface area contributed by atoms with Crippen LogP contribution in [0.2, 0.25) is 0 Å². The molecular weight excluding hydrogens is 245 g/mol. The largest absolute Gasteiger partial charge is 0.504 e. The summed E-state index contributed by atoms with van der Waals surface area (Å²) in [6.07, 6.45) is 0.881. The Morgan fingerprint density at radius 3 is 2.68 bits per heavy atom. The minimum absolute atomic E-state index is 0.0317. The van der Waals surface area contributed by atoms with Gasteiger partial charge in [-0.2, -0.15) is 9.37 Å². The highest BCUT2D eigenvalue weighted by atomic mass is 19.1. The fourth-order valence-electron chi connectivity index (χ4n) is 1.81. The highest BCUT2D eigenvalue weighted by molar-refractivity contribution is 5.43. The lowest BCUT2D eigenvalue weighted by Crippen LogP contribution is -1.95. The third-order valence-electron chi connectivity index (χ3n) is 2.57. The molecule has 1 aromatic heterocycles. The first-order chi connectivity index (χ1) is 9.04. The average molecular weight is 261 g/mol. The molecule has 0 saturated heterocycles. The van der Waals surface area contributed by atoms with E-state index in [2.05, 4.69) is 18.8 Å². The van der Waals surface area contributed by atoms with Crippen molar-refractivity contribution in [2.75, 3.05) is 0 Å². The van der Waals surface area contributed by atoms with Gasteiger partial charge in [0.2, 0.25) is 11.8 Å². The van der Waals surface area contributed by atoms with Crippen molar-refractivity contribution in [3.05, 3.63) is 47.9 Å². The average Bonchev–Trinajstić information content (AvgIpc) is 2.32. The fraction of sp³-hybridized carbons (Fsp3) is 0.267. The van der Waals surface area contributed by atoms with Crippen molar-refractivity contribution in [1.29, 1.82) is 0 Å². The predicted octanol–water partition coefficient (Wildman–Crippen LogP) is 3.92. The Morgan fingerprint density at radius 1 is 1.26 bits per heavy atom. The van der Waals surface area contributed by atoms with Gasteiger partial charge >= 0.3 is 0 Å². The number of hydrogen-bond donors (Lipinski definition) is 1. The molecule has 2 aromatic rings. The standard InChI is InChI=1S/C15H16FNO2/c1-10(2)8-11-6-7-13(12(18)9-11)19-15-5-3-4-14(16)17-15/h3-7,9-10,18H,8H2,1-2H3. The van der Waals surface area contributed by atoms with E-state index in [9.17, 15) is 9.50 Å². The van der Waals surface area contributed by atoms with Crippen LogP contribution in [0.3, 0.4) is 0 Å². The molecule has 1 heterocycles. The van der Waals surface area contributed by atoms with Gasteiger partial charge in [0.05, 0.1) is 0 Å². The van der Waals surface area contributed by atoms with Gasteiger partial charge in [0.25, 0.3) is 0 Å². The number of phenols is 1. The number of pyridine rings is 1. The molecule has 4 heteroatoms. The zero-order chi connectivity index (χ0) is 13.8. The van der Waals surface area contributed by atoms with Gasteiger partial charge in [-0.3, -0.25) is 0 Å². The summed E-state index contributed by atoms with van der Waals surface area (Å²) in [4.78, 5) is 3.58. The van der Waals surface area contributed by atoms with Gasteiger partial charge in [0.1, 0.15) is 0 Å². The molecule has 0 radical (unpaired) electrons. The van der Waals surface area contributed by atoms with Crippen LogP contribution in [0, 0.1) is 11.9 Å². The van der Waals surface area contributed by atoms with Crippen LogP contribution in [0.5, 0.6) is 17.4 Å². The van der Waals surface area contributed by atoms with Crippen LogP contribution < -0.4 is 4.74 Å². The van der Waals surface area contributed by atoms with Crippen LogP contribution in [-0.4, -0.2) is 10.1 Å². The number of halogens is 1. The normalized spacial score (nSPS) is 10.7. The molecule has 0 bridgehead atoms. The molecule has 0 aliphatic carbocycles. The topological polar surface area (TPSA) is 42.4 Å². The monoisotopic (exact) mass is 261 g/mol. The number of aromatic hydroxyl groups is 1. The van der Waals surface area contributed by atoms with E-state index < -0.39 is 5.95 Å². The summed E-state index contributed by atoms with van der Waals surface area (Å²) < 4.78 is 18.3. The molecule has 1 N–H and O–H groups in total. The Labute approximate surface area is 111 Å². The van der Waals surface area contributed by atoms with Crippen molar-refractivity contribution in [2.45, 2.75) is 20.3 Å². The molecule has 0 unspecified atom stereocenters. The van der Waals surface area contributed by atoms with Crippen LogP contribution >= 0.6 is 0 Å². The van der Waals surface area contributed by atoms with Crippen LogP contribution in [0.25, 0.3) is 0 Å². The van der Waals surface area contributed by atoms with E-state index in [0.717, 1.165) is 12.0 Å². The number of phenolic OH excluding ortho intramolecular Hbond substituents is 1. The van der Waals surface area contributed by atoms with Crippen LogP contribution in [0.4, 0.5) is 4.39 Å². The first-order valence-corrected chi connectivity index (χ1v) is 6.17. The van der Waals surface area contributed by atoms with Gasteiger partial charge in [-0.15, -0.1) is 0 Å². The van der Waals surface area contributed by atoms with Crippen molar-refractivity contribution in [3.8, 4) is 17.4 Å². The fourth-order valence-corrected chi connectivity index (χ4v) is 1.81. The Kier molecular flexibility index (Phi) is 4.00. The maximum atomic E-state index is 12.9. The molecule has 2 rings (SSSR count). The van der Waals surface area contributed by atoms with Gasteiger partial charge in [-0.1, -0.05) is 26.0 Å². The third kappa shape index (κ3) is 3.68. The summed E-state index contributed by atoms with van der Waals surface area (Å²) in [7, 11) is 0. The highest BCUT2D eigenvalue weighted by Gasteiger charge is 2.07. The minimum atomic E-state index is -0.617. The molecule has 0 aliphatic rings. The smallest absolute Gasteiger partial charge is 0.222 e. The zero-order valence-corrected chi connectivity index (χ0v) is 10.9. The molecule has 1 aromatic carbocycles. The number of rotatable bonds is 4. The van der Waals surface area contributed by atoms with E-state index in [1.54, 1.807) is 12.1 Å². The quantitative estimate of drug-likeness (QED) is 0.848. The molecule has 100 valence electrons. The van der Waals surface area contributed by atoms with Crippen molar-refractivity contribution in [1.82, 2.24) is 4.98 Å². The number of aromatic nitrogens is 1. The van der Waals surface area contributed by atoms with E-state index in [1.165, 1.54) is 18.2 Å². The summed E-state index contributed by atoms with van der Waals surface area (Å²) in [5, 5.41) is 9.89. The summed E-state index contributed by atoms with van der Waals surface area (Å²) in [5.74, 6) is 0.311. The van der Waals surface area contributed by atoms with Gasteiger partial charge in [-0.25, -0.2) is 0 Å². The number of benzene rings is 1. The van der Waals surface area contributed by atoms with E-state index in [-0.39, 0.29) is 17.4 Å². The number of hydrogen-bond acceptors (Lipinski definition) is 3. The molecule has 0 spiro atoms. The zero-order valence-electron chi connectivity index (χ0n) is 10.9. The lowest BCUT2D eigenvalue weighted by Gasteiger charge is -2.09. The maximum absolute atomic E-state index is 12.9. The van der Waals surface area contributed by atoms with Gasteiger partial charge in [0, 0.05) is 6.07 Å². The molecule has 0 fully saturated rings. The van der Waals surface area contributed by atoms with Crippen LogP contribution in [0.15, 0.2) is 36.4 Å².